The molecule has 1 heterocycles. The van der Waals surface area contributed by atoms with Crippen molar-refractivity contribution in [2.75, 3.05) is 19.5 Å². The minimum absolute atomic E-state index is 0.0241. The molecule has 0 fully saturated rings. The minimum atomic E-state index is -0.0241. The molecule has 5 nitrogen and oxygen atoms in total. The van der Waals surface area contributed by atoms with E-state index in [0.717, 1.165) is 40.7 Å². The third-order valence-corrected chi connectivity index (χ3v) is 5.58. The molecule has 1 aliphatic carbocycles. The van der Waals surface area contributed by atoms with E-state index in [1.54, 1.807) is 25.6 Å². The van der Waals surface area contributed by atoms with Crippen LogP contribution in [-0.2, 0) is 24.1 Å². The number of benzene rings is 1. The Hall–Kier alpha value is -2.08. The fraction of sp³-hybridized carbons (Fsp3) is 0.474. The number of aromatic nitrogens is 1. The zero-order chi connectivity index (χ0) is 17.8. The number of carbonyl (C=O) groups excluding carboxylic acids is 1. The minimum Gasteiger partial charge on any atom is -0.497 e. The molecule has 1 aromatic carbocycles. The van der Waals surface area contributed by atoms with Crippen molar-refractivity contribution in [2.24, 2.45) is 5.92 Å². The van der Waals surface area contributed by atoms with Gasteiger partial charge in [-0.1, -0.05) is 6.92 Å². The number of anilines is 1. The van der Waals surface area contributed by atoms with E-state index < -0.39 is 0 Å². The number of nitrogens with zero attached hydrogens (tertiary/aromatic N) is 1. The van der Waals surface area contributed by atoms with Gasteiger partial charge in [-0.3, -0.25) is 4.79 Å². The van der Waals surface area contributed by atoms with Gasteiger partial charge < -0.3 is 14.8 Å². The molecular weight excluding hydrogens is 336 g/mol. The van der Waals surface area contributed by atoms with E-state index in [1.165, 1.54) is 11.3 Å². The summed E-state index contributed by atoms with van der Waals surface area (Å²) in [5.41, 5.74) is 2.12. The molecule has 0 bridgehead atoms. The summed E-state index contributed by atoms with van der Waals surface area (Å²) in [6, 6.07) is 5.63. The maximum absolute atomic E-state index is 12.3. The van der Waals surface area contributed by atoms with Crippen molar-refractivity contribution in [3.8, 4) is 11.5 Å². The number of hydrogen-bond acceptors (Lipinski definition) is 5. The summed E-state index contributed by atoms with van der Waals surface area (Å²) in [5.74, 6) is 2.21. The molecule has 3 rings (SSSR count). The molecule has 1 unspecified atom stereocenters. The number of rotatable bonds is 6. The number of methoxy groups -OCH3 is 2. The first-order valence-corrected chi connectivity index (χ1v) is 9.40. The van der Waals surface area contributed by atoms with Crippen molar-refractivity contribution >= 4 is 22.4 Å². The quantitative estimate of drug-likeness (QED) is 0.850. The molecule has 1 aromatic heterocycles. The van der Waals surface area contributed by atoms with Gasteiger partial charge in [-0.25, -0.2) is 4.98 Å². The van der Waals surface area contributed by atoms with Crippen molar-refractivity contribution < 1.29 is 14.3 Å². The highest BCUT2D eigenvalue weighted by atomic mass is 32.1. The second-order valence-corrected chi connectivity index (χ2v) is 7.55. The summed E-state index contributed by atoms with van der Waals surface area (Å²) in [7, 11) is 3.26. The molecule has 1 aliphatic rings. The molecule has 0 spiro atoms. The maximum atomic E-state index is 12.3. The van der Waals surface area contributed by atoms with E-state index in [-0.39, 0.29) is 5.91 Å². The lowest BCUT2D eigenvalue weighted by atomic mass is 9.93. The molecular formula is C19H24N2O3S. The molecule has 6 heteroatoms. The van der Waals surface area contributed by atoms with E-state index in [0.29, 0.717) is 18.8 Å². The van der Waals surface area contributed by atoms with Gasteiger partial charge in [0, 0.05) is 11.3 Å². The average molecular weight is 360 g/mol. The molecule has 0 saturated heterocycles. The van der Waals surface area contributed by atoms with Crippen molar-refractivity contribution in [3.05, 3.63) is 34.3 Å². The highest BCUT2D eigenvalue weighted by molar-refractivity contribution is 7.15. The highest BCUT2D eigenvalue weighted by Crippen LogP contribution is 2.32. The number of thiazole rings is 1. The lowest BCUT2D eigenvalue weighted by Gasteiger charge is -2.15. The maximum Gasteiger partial charge on any atom is 0.226 e. The first-order valence-electron chi connectivity index (χ1n) is 8.58. The van der Waals surface area contributed by atoms with Crippen LogP contribution in [0, 0.1) is 5.92 Å². The molecule has 0 saturated carbocycles. The average Bonchev–Trinajstić information content (AvgIpc) is 3.00. The Labute approximate surface area is 152 Å². The summed E-state index contributed by atoms with van der Waals surface area (Å²) in [6.07, 6.45) is 4.24. The van der Waals surface area contributed by atoms with Crippen LogP contribution in [0.15, 0.2) is 18.2 Å². The predicted molar refractivity (Wildman–Crippen MR) is 99.8 cm³/mol. The van der Waals surface area contributed by atoms with Crippen LogP contribution in [0.3, 0.4) is 0 Å². The number of nitrogens with one attached hydrogen (secondary N) is 1. The topological polar surface area (TPSA) is 60.5 Å². The van der Waals surface area contributed by atoms with Gasteiger partial charge in [-0.2, -0.15) is 0 Å². The van der Waals surface area contributed by atoms with E-state index >= 15 is 0 Å². The van der Waals surface area contributed by atoms with Crippen LogP contribution in [0.5, 0.6) is 11.5 Å². The lowest BCUT2D eigenvalue weighted by molar-refractivity contribution is -0.116. The summed E-state index contributed by atoms with van der Waals surface area (Å²) >= 11 is 1.62. The van der Waals surface area contributed by atoms with E-state index in [2.05, 4.69) is 17.2 Å². The molecule has 25 heavy (non-hydrogen) atoms. The molecule has 1 N–H and O–H groups in total. The summed E-state index contributed by atoms with van der Waals surface area (Å²) < 4.78 is 10.6. The van der Waals surface area contributed by atoms with Crippen molar-refractivity contribution in [1.29, 1.82) is 0 Å². The number of hydrogen-bond donors (Lipinski definition) is 1. The van der Waals surface area contributed by atoms with Crippen molar-refractivity contribution in [1.82, 2.24) is 4.98 Å². The van der Waals surface area contributed by atoms with E-state index in [4.69, 9.17) is 9.47 Å². The number of ether oxygens (including phenoxy) is 2. The fourth-order valence-corrected chi connectivity index (χ4v) is 4.29. The first-order chi connectivity index (χ1) is 12.1. The number of aryl methyl sites for hydroxylation is 2. The Morgan fingerprint density at radius 3 is 2.96 bits per heavy atom. The fourth-order valence-electron chi connectivity index (χ4n) is 3.10. The van der Waals surface area contributed by atoms with E-state index in [9.17, 15) is 4.79 Å². The number of fused-ring (bicyclic) bond motifs is 1. The third kappa shape index (κ3) is 4.31. The summed E-state index contributed by atoms with van der Waals surface area (Å²) in [5, 5.41) is 3.67. The standard InChI is InChI=1S/C19H24N2O3S/c1-12-4-7-15-17(10-12)25-19(20-15)21-18(22)9-5-13-11-14(23-2)6-8-16(13)24-3/h6,8,11-12H,4-5,7,9-10H2,1-3H3,(H,20,21,22). The van der Waals surface area contributed by atoms with Gasteiger partial charge in [0.25, 0.3) is 0 Å². The normalized spacial score (nSPS) is 16.2. The van der Waals surface area contributed by atoms with Gasteiger partial charge in [0.1, 0.15) is 11.5 Å². The van der Waals surface area contributed by atoms with Gasteiger partial charge >= 0.3 is 0 Å². The summed E-state index contributed by atoms with van der Waals surface area (Å²) in [6.45, 7) is 2.27. The second kappa shape index (κ2) is 7.87. The first kappa shape index (κ1) is 17.7. The molecule has 134 valence electrons. The molecule has 2 aromatic rings. The smallest absolute Gasteiger partial charge is 0.226 e. The van der Waals surface area contributed by atoms with Crippen LogP contribution in [-0.4, -0.2) is 25.1 Å². The molecule has 0 radical (unpaired) electrons. The van der Waals surface area contributed by atoms with Crippen LogP contribution >= 0.6 is 11.3 Å². The van der Waals surface area contributed by atoms with Crippen LogP contribution in [0.1, 0.15) is 35.9 Å². The van der Waals surface area contributed by atoms with Gasteiger partial charge in [0.15, 0.2) is 5.13 Å². The van der Waals surface area contributed by atoms with Crippen LogP contribution in [0.2, 0.25) is 0 Å². The second-order valence-electron chi connectivity index (χ2n) is 6.46. The monoisotopic (exact) mass is 360 g/mol. The summed E-state index contributed by atoms with van der Waals surface area (Å²) in [4.78, 5) is 18.2. The Morgan fingerprint density at radius 1 is 1.36 bits per heavy atom. The molecule has 1 atom stereocenters. The Balaban J connectivity index is 1.60. The molecule has 0 aliphatic heterocycles. The zero-order valence-corrected chi connectivity index (χ0v) is 15.7. The van der Waals surface area contributed by atoms with Crippen molar-refractivity contribution in [2.45, 2.75) is 39.0 Å². The Morgan fingerprint density at radius 2 is 2.20 bits per heavy atom. The van der Waals surface area contributed by atoms with Crippen molar-refractivity contribution in [3.63, 3.8) is 0 Å². The largest absolute Gasteiger partial charge is 0.497 e. The van der Waals surface area contributed by atoms with Crippen LogP contribution in [0.25, 0.3) is 0 Å². The van der Waals surface area contributed by atoms with Gasteiger partial charge in [-0.05, 0) is 55.4 Å². The van der Waals surface area contributed by atoms with Gasteiger partial charge in [0.2, 0.25) is 5.91 Å². The number of carbonyl (C=O) groups is 1. The van der Waals surface area contributed by atoms with Gasteiger partial charge in [0.05, 0.1) is 19.9 Å². The lowest BCUT2D eigenvalue weighted by Crippen LogP contribution is -2.12. The Kier molecular flexibility index (Phi) is 5.58. The SMILES string of the molecule is COc1ccc(OC)c(CCC(=O)Nc2nc3c(s2)CC(C)CC3)c1. The Bertz CT molecular complexity index is 757. The van der Waals surface area contributed by atoms with Crippen LogP contribution < -0.4 is 14.8 Å². The third-order valence-electron chi connectivity index (χ3n) is 4.54. The van der Waals surface area contributed by atoms with Gasteiger partial charge in [-0.15, -0.1) is 11.3 Å². The highest BCUT2D eigenvalue weighted by Gasteiger charge is 2.20. The predicted octanol–water partition coefficient (Wildman–Crippen LogP) is 3.86. The molecule has 1 amide bonds. The van der Waals surface area contributed by atoms with Crippen LogP contribution in [0.4, 0.5) is 5.13 Å². The van der Waals surface area contributed by atoms with E-state index in [1.807, 2.05) is 18.2 Å². The number of amides is 1. The zero-order valence-electron chi connectivity index (χ0n) is 14.9.